The van der Waals surface area contributed by atoms with Gasteiger partial charge in [-0.25, -0.2) is 0 Å². The third-order valence-electron chi connectivity index (χ3n) is 4.33. The highest BCUT2D eigenvalue weighted by Crippen LogP contribution is 2.24. The Morgan fingerprint density at radius 2 is 2.08 bits per heavy atom. The molecular formula is C18H24N4O2S. The van der Waals surface area contributed by atoms with E-state index in [1.807, 2.05) is 6.07 Å². The SMILES string of the molecule is CN=C(NCc1cc(OC)ccc1O)N1CCN(c2cccs2)CC1. The number of anilines is 1. The monoisotopic (exact) mass is 360 g/mol. The van der Waals surface area contributed by atoms with E-state index in [1.54, 1.807) is 37.6 Å². The van der Waals surface area contributed by atoms with Gasteiger partial charge in [-0.1, -0.05) is 0 Å². The Bertz CT molecular complexity index is 710. The molecular weight excluding hydrogens is 336 g/mol. The van der Waals surface area contributed by atoms with Crippen molar-refractivity contribution in [3.8, 4) is 11.5 Å². The van der Waals surface area contributed by atoms with Crippen molar-refractivity contribution >= 4 is 22.3 Å². The maximum atomic E-state index is 10.0. The Balaban J connectivity index is 1.57. The van der Waals surface area contributed by atoms with E-state index in [4.69, 9.17) is 4.74 Å². The van der Waals surface area contributed by atoms with E-state index in [2.05, 4.69) is 37.6 Å². The summed E-state index contributed by atoms with van der Waals surface area (Å²) in [5.74, 6) is 1.84. The number of methoxy groups -OCH3 is 1. The van der Waals surface area contributed by atoms with Crippen molar-refractivity contribution in [2.45, 2.75) is 6.54 Å². The fraction of sp³-hybridized carbons (Fsp3) is 0.389. The number of aliphatic imine (C=N–C) groups is 1. The van der Waals surface area contributed by atoms with Crippen LogP contribution in [0, 0.1) is 0 Å². The molecule has 134 valence electrons. The van der Waals surface area contributed by atoms with Crippen LogP contribution in [0.25, 0.3) is 0 Å². The molecule has 1 saturated heterocycles. The largest absolute Gasteiger partial charge is 0.508 e. The number of rotatable bonds is 4. The molecule has 2 aromatic rings. The summed E-state index contributed by atoms with van der Waals surface area (Å²) in [5, 5.41) is 16.8. The smallest absolute Gasteiger partial charge is 0.194 e. The molecule has 7 heteroatoms. The molecule has 2 heterocycles. The number of nitrogens with one attached hydrogen (secondary N) is 1. The quantitative estimate of drug-likeness (QED) is 0.647. The fourth-order valence-corrected chi connectivity index (χ4v) is 3.71. The van der Waals surface area contributed by atoms with Crippen LogP contribution < -0.4 is 15.0 Å². The van der Waals surface area contributed by atoms with Crippen molar-refractivity contribution < 1.29 is 9.84 Å². The van der Waals surface area contributed by atoms with Gasteiger partial charge in [0, 0.05) is 45.3 Å². The molecule has 1 fully saturated rings. The first-order valence-electron chi connectivity index (χ1n) is 8.31. The first-order valence-corrected chi connectivity index (χ1v) is 9.19. The van der Waals surface area contributed by atoms with E-state index in [-0.39, 0.29) is 5.75 Å². The second-order valence-electron chi connectivity index (χ2n) is 5.82. The van der Waals surface area contributed by atoms with E-state index in [9.17, 15) is 5.11 Å². The van der Waals surface area contributed by atoms with Crippen LogP contribution in [-0.4, -0.2) is 56.3 Å². The number of phenolic OH excluding ortho intramolecular Hbond substituents is 1. The standard InChI is InChI=1S/C18H24N4O2S/c1-19-18(20-13-14-12-15(24-2)5-6-16(14)23)22-9-7-21(8-10-22)17-4-3-11-25-17/h3-6,11-12,23H,7-10,13H2,1-2H3,(H,19,20). The second-order valence-corrected chi connectivity index (χ2v) is 6.75. The molecule has 0 amide bonds. The van der Waals surface area contributed by atoms with Crippen molar-refractivity contribution in [3.63, 3.8) is 0 Å². The first-order chi connectivity index (χ1) is 12.2. The molecule has 1 aromatic carbocycles. The lowest BCUT2D eigenvalue weighted by molar-refractivity contribution is 0.372. The highest BCUT2D eigenvalue weighted by molar-refractivity contribution is 7.14. The van der Waals surface area contributed by atoms with Crippen molar-refractivity contribution in [3.05, 3.63) is 41.3 Å². The minimum Gasteiger partial charge on any atom is -0.508 e. The van der Waals surface area contributed by atoms with Gasteiger partial charge >= 0.3 is 0 Å². The van der Waals surface area contributed by atoms with Crippen LogP contribution in [-0.2, 0) is 6.54 Å². The van der Waals surface area contributed by atoms with Crippen LogP contribution in [0.4, 0.5) is 5.00 Å². The average molecular weight is 360 g/mol. The first kappa shape index (κ1) is 17.4. The molecule has 0 spiro atoms. The van der Waals surface area contributed by atoms with Gasteiger partial charge in [0.15, 0.2) is 5.96 Å². The summed E-state index contributed by atoms with van der Waals surface area (Å²) in [6, 6.07) is 9.49. The zero-order chi connectivity index (χ0) is 17.6. The molecule has 1 aromatic heterocycles. The molecule has 2 N–H and O–H groups in total. The fourth-order valence-electron chi connectivity index (χ4n) is 2.93. The highest BCUT2D eigenvalue weighted by atomic mass is 32.1. The van der Waals surface area contributed by atoms with E-state index in [0.717, 1.165) is 43.5 Å². The summed E-state index contributed by atoms with van der Waals surface area (Å²) in [4.78, 5) is 9.05. The van der Waals surface area contributed by atoms with Crippen LogP contribution in [0.3, 0.4) is 0 Å². The maximum absolute atomic E-state index is 10.0. The number of nitrogens with zero attached hydrogens (tertiary/aromatic N) is 3. The molecule has 0 atom stereocenters. The van der Waals surface area contributed by atoms with E-state index in [0.29, 0.717) is 6.54 Å². The van der Waals surface area contributed by atoms with Crippen LogP contribution in [0.5, 0.6) is 11.5 Å². The van der Waals surface area contributed by atoms with Gasteiger partial charge in [0.1, 0.15) is 11.5 Å². The molecule has 25 heavy (non-hydrogen) atoms. The number of aromatic hydroxyl groups is 1. The van der Waals surface area contributed by atoms with Crippen molar-refractivity contribution in [2.24, 2.45) is 4.99 Å². The summed E-state index contributed by atoms with van der Waals surface area (Å²) in [6.45, 7) is 4.29. The third kappa shape index (κ3) is 4.17. The predicted octanol–water partition coefficient (Wildman–Crippen LogP) is 2.36. The number of phenols is 1. The van der Waals surface area contributed by atoms with Crippen molar-refractivity contribution in [2.75, 3.05) is 45.2 Å². The number of piperazine rings is 1. The van der Waals surface area contributed by atoms with Crippen molar-refractivity contribution in [1.82, 2.24) is 10.2 Å². The van der Waals surface area contributed by atoms with Gasteiger partial charge in [0.05, 0.1) is 12.1 Å². The normalized spacial score (nSPS) is 15.4. The number of hydrogen-bond acceptors (Lipinski definition) is 5. The third-order valence-corrected chi connectivity index (χ3v) is 5.26. The molecule has 0 saturated carbocycles. The predicted molar refractivity (Wildman–Crippen MR) is 103 cm³/mol. The summed E-state index contributed by atoms with van der Waals surface area (Å²) < 4.78 is 5.22. The minimum atomic E-state index is 0.256. The van der Waals surface area contributed by atoms with Crippen LogP contribution in [0.2, 0.25) is 0 Å². The molecule has 1 aliphatic heterocycles. The summed E-state index contributed by atoms with van der Waals surface area (Å²) in [6.07, 6.45) is 0. The summed E-state index contributed by atoms with van der Waals surface area (Å²) in [7, 11) is 3.41. The van der Waals surface area contributed by atoms with Gasteiger partial charge in [-0.2, -0.15) is 0 Å². The number of hydrogen-bond donors (Lipinski definition) is 2. The zero-order valence-electron chi connectivity index (χ0n) is 14.6. The van der Waals surface area contributed by atoms with Crippen LogP contribution in [0.15, 0.2) is 40.7 Å². The summed E-state index contributed by atoms with van der Waals surface area (Å²) >= 11 is 1.78. The summed E-state index contributed by atoms with van der Waals surface area (Å²) in [5.41, 5.74) is 0.790. The molecule has 0 aliphatic carbocycles. The Kier molecular flexibility index (Phi) is 5.65. The number of ether oxygens (including phenoxy) is 1. The zero-order valence-corrected chi connectivity index (χ0v) is 15.4. The molecule has 0 radical (unpaired) electrons. The van der Waals surface area contributed by atoms with Crippen molar-refractivity contribution in [1.29, 1.82) is 0 Å². The lowest BCUT2D eigenvalue weighted by Gasteiger charge is -2.37. The minimum absolute atomic E-state index is 0.256. The number of guanidine groups is 1. The molecule has 1 aliphatic rings. The Morgan fingerprint density at radius 3 is 2.72 bits per heavy atom. The Labute approximate surface area is 152 Å². The van der Waals surface area contributed by atoms with Gasteiger partial charge in [0.25, 0.3) is 0 Å². The van der Waals surface area contributed by atoms with Gasteiger partial charge in [-0.3, -0.25) is 4.99 Å². The number of benzene rings is 1. The second kappa shape index (κ2) is 8.11. The lowest BCUT2D eigenvalue weighted by atomic mass is 10.2. The van der Waals surface area contributed by atoms with Gasteiger partial charge < -0.3 is 25.0 Å². The van der Waals surface area contributed by atoms with E-state index < -0.39 is 0 Å². The molecule has 0 bridgehead atoms. The number of thiophene rings is 1. The van der Waals surface area contributed by atoms with Crippen LogP contribution in [0.1, 0.15) is 5.56 Å². The topological polar surface area (TPSA) is 60.3 Å². The average Bonchev–Trinajstić information content (AvgIpc) is 3.19. The van der Waals surface area contributed by atoms with Crippen LogP contribution >= 0.6 is 11.3 Å². The van der Waals surface area contributed by atoms with Gasteiger partial charge in [-0.15, -0.1) is 11.3 Å². The highest BCUT2D eigenvalue weighted by Gasteiger charge is 2.20. The molecule has 0 unspecified atom stereocenters. The lowest BCUT2D eigenvalue weighted by Crippen LogP contribution is -2.52. The van der Waals surface area contributed by atoms with Gasteiger partial charge in [-0.05, 0) is 35.7 Å². The van der Waals surface area contributed by atoms with E-state index >= 15 is 0 Å². The Hall–Kier alpha value is -2.41. The Morgan fingerprint density at radius 1 is 1.28 bits per heavy atom. The maximum Gasteiger partial charge on any atom is 0.194 e. The molecule has 6 nitrogen and oxygen atoms in total. The van der Waals surface area contributed by atoms with Gasteiger partial charge in [0.2, 0.25) is 0 Å². The molecule has 3 rings (SSSR count). The van der Waals surface area contributed by atoms with E-state index in [1.165, 1.54) is 5.00 Å².